The van der Waals surface area contributed by atoms with Crippen LogP contribution in [0.15, 0.2) is 23.0 Å². The van der Waals surface area contributed by atoms with Crippen LogP contribution >= 0.6 is 0 Å². The molecule has 0 radical (unpaired) electrons. The summed E-state index contributed by atoms with van der Waals surface area (Å²) in [6, 6.07) is 4.14. The van der Waals surface area contributed by atoms with E-state index in [1.54, 1.807) is 12.4 Å². The van der Waals surface area contributed by atoms with Crippen molar-refractivity contribution >= 4 is 11.7 Å². The number of aryl methyl sites for hydroxylation is 2. The molecule has 1 aliphatic carbocycles. The van der Waals surface area contributed by atoms with E-state index in [9.17, 15) is 4.79 Å². The lowest BCUT2D eigenvalue weighted by Gasteiger charge is -2.45. The van der Waals surface area contributed by atoms with Gasteiger partial charge in [0.2, 0.25) is 5.76 Å². The van der Waals surface area contributed by atoms with Crippen molar-refractivity contribution in [2.24, 2.45) is 5.41 Å². The van der Waals surface area contributed by atoms with Gasteiger partial charge in [-0.25, -0.2) is 9.97 Å². The molecule has 1 saturated heterocycles. The van der Waals surface area contributed by atoms with Gasteiger partial charge in [-0.1, -0.05) is 12.1 Å². The molecule has 3 heterocycles. The maximum Gasteiger partial charge on any atom is 0.292 e. The van der Waals surface area contributed by atoms with E-state index in [1.165, 1.54) is 0 Å². The largest absolute Gasteiger partial charge is 0.367 e. The van der Waals surface area contributed by atoms with Gasteiger partial charge < -0.3 is 14.7 Å². The number of aromatic nitrogens is 3. The average molecular weight is 341 g/mol. The number of amides is 1. The number of hydrogen-bond acceptors (Lipinski definition) is 6. The Morgan fingerprint density at radius 2 is 2.24 bits per heavy atom. The van der Waals surface area contributed by atoms with Gasteiger partial charge >= 0.3 is 0 Å². The Morgan fingerprint density at radius 1 is 1.40 bits per heavy atom. The van der Waals surface area contributed by atoms with Crippen LogP contribution in [0, 0.1) is 12.3 Å². The molecule has 0 unspecified atom stereocenters. The SMILES string of the molecule is CCc1cc(C(=O)N2CCC3(CC(Nc4cc(C)ncn4)C3)C2)on1. The second-order valence-corrected chi connectivity index (χ2v) is 7.31. The van der Waals surface area contributed by atoms with Crippen LogP contribution in [0.5, 0.6) is 0 Å². The van der Waals surface area contributed by atoms with Crippen LogP contribution in [0.2, 0.25) is 0 Å². The predicted molar refractivity (Wildman–Crippen MR) is 92.2 cm³/mol. The Morgan fingerprint density at radius 3 is 2.96 bits per heavy atom. The Kier molecular flexibility index (Phi) is 3.94. The molecule has 0 atom stereocenters. The highest BCUT2D eigenvalue weighted by Gasteiger charge is 2.49. The lowest BCUT2D eigenvalue weighted by molar-refractivity contribution is 0.0677. The minimum atomic E-state index is -0.0353. The van der Waals surface area contributed by atoms with Crippen molar-refractivity contribution in [3.8, 4) is 0 Å². The van der Waals surface area contributed by atoms with Crippen LogP contribution in [0.1, 0.15) is 48.1 Å². The standard InChI is InChI=1S/C18H23N5O2/c1-3-13-7-15(25-22-13)17(24)23-5-4-18(10-23)8-14(9-18)21-16-6-12(2)19-11-20-16/h6-7,11,14H,3-5,8-10H2,1-2H3,(H,19,20,21). The fraction of sp³-hybridized carbons (Fsp3) is 0.556. The molecule has 2 aliphatic rings. The van der Waals surface area contributed by atoms with Crippen molar-refractivity contribution in [1.29, 1.82) is 0 Å². The van der Waals surface area contributed by atoms with Crippen LogP contribution in [-0.4, -0.2) is 45.1 Å². The van der Waals surface area contributed by atoms with E-state index in [2.05, 4.69) is 20.4 Å². The summed E-state index contributed by atoms with van der Waals surface area (Å²) in [7, 11) is 0. The summed E-state index contributed by atoms with van der Waals surface area (Å²) in [5.41, 5.74) is 2.02. The van der Waals surface area contributed by atoms with Crippen molar-refractivity contribution in [3.63, 3.8) is 0 Å². The van der Waals surface area contributed by atoms with Gasteiger partial charge in [-0.05, 0) is 38.0 Å². The first-order valence-corrected chi connectivity index (χ1v) is 8.87. The fourth-order valence-electron chi connectivity index (χ4n) is 4.01. The molecule has 2 aromatic rings. The maximum absolute atomic E-state index is 12.6. The first-order chi connectivity index (χ1) is 12.1. The molecule has 1 spiro atoms. The Balaban J connectivity index is 1.33. The molecule has 132 valence electrons. The first-order valence-electron chi connectivity index (χ1n) is 8.87. The fourth-order valence-corrected chi connectivity index (χ4v) is 4.01. The van der Waals surface area contributed by atoms with Crippen LogP contribution in [0.4, 0.5) is 5.82 Å². The summed E-state index contributed by atoms with van der Waals surface area (Å²) >= 11 is 0. The molecule has 2 fully saturated rings. The third kappa shape index (κ3) is 3.10. The van der Waals surface area contributed by atoms with E-state index >= 15 is 0 Å². The third-order valence-corrected chi connectivity index (χ3v) is 5.37. The van der Waals surface area contributed by atoms with Crippen LogP contribution < -0.4 is 5.32 Å². The summed E-state index contributed by atoms with van der Waals surface area (Å²) in [6.45, 7) is 5.55. The number of rotatable bonds is 4. The molecule has 7 nitrogen and oxygen atoms in total. The zero-order valence-corrected chi connectivity index (χ0v) is 14.7. The molecule has 0 aromatic carbocycles. The van der Waals surface area contributed by atoms with Crippen molar-refractivity contribution in [2.45, 2.75) is 45.6 Å². The van der Waals surface area contributed by atoms with E-state index in [0.717, 1.165) is 56.0 Å². The minimum Gasteiger partial charge on any atom is -0.367 e. The number of carbonyl (C=O) groups excluding carboxylic acids is 1. The van der Waals surface area contributed by atoms with E-state index in [4.69, 9.17) is 4.52 Å². The van der Waals surface area contributed by atoms with Gasteiger partial charge in [0.25, 0.3) is 5.91 Å². The number of anilines is 1. The zero-order valence-electron chi connectivity index (χ0n) is 14.7. The molecular formula is C18H23N5O2. The van der Waals surface area contributed by atoms with Gasteiger partial charge in [0.05, 0.1) is 5.69 Å². The number of hydrogen-bond donors (Lipinski definition) is 1. The van der Waals surface area contributed by atoms with Gasteiger partial charge in [0.1, 0.15) is 12.1 Å². The molecule has 1 amide bonds. The lowest BCUT2D eigenvalue weighted by atomic mass is 9.65. The summed E-state index contributed by atoms with van der Waals surface area (Å²) in [6.07, 6.45) is 5.54. The van der Waals surface area contributed by atoms with Gasteiger partial charge in [-0.3, -0.25) is 4.79 Å². The van der Waals surface area contributed by atoms with Gasteiger partial charge in [0.15, 0.2) is 0 Å². The molecule has 7 heteroatoms. The summed E-state index contributed by atoms with van der Waals surface area (Å²) in [5.74, 6) is 1.21. The highest BCUT2D eigenvalue weighted by atomic mass is 16.5. The quantitative estimate of drug-likeness (QED) is 0.919. The van der Waals surface area contributed by atoms with Gasteiger partial charge in [-0.2, -0.15) is 0 Å². The van der Waals surface area contributed by atoms with Crippen LogP contribution in [0.3, 0.4) is 0 Å². The summed E-state index contributed by atoms with van der Waals surface area (Å²) < 4.78 is 5.19. The second kappa shape index (κ2) is 6.13. The van der Waals surface area contributed by atoms with Crippen molar-refractivity contribution in [1.82, 2.24) is 20.0 Å². The Labute approximate surface area is 146 Å². The van der Waals surface area contributed by atoms with Crippen LogP contribution in [-0.2, 0) is 6.42 Å². The number of nitrogens with zero attached hydrogens (tertiary/aromatic N) is 4. The van der Waals surface area contributed by atoms with Crippen molar-refractivity contribution < 1.29 is 9.32 Å². The lowest BCUT2D eigenvalue weighted by Crippen LogP contribution is -2.47. The zero-order chi connectivity index (χ0) is 17.4. The normalized spacial score (nSPS) is 25.2. The van der Waals surface area contributed by atoms with Crippen LogP contribution in [0.25, 0.3) is 0 Å². The minimum absolute atomic E-state index is 0.0353. The van der Waals surface area contributed by atoms with E-state index in [1.807, 2.05) is 24.8 Å². The molecule has 2 aromatic heterocycles. The topological polar surface area (TPSA) is 84.2 Å². The van der Waals surface area contributed by atoms with Gasteiger partial charge in [-0.15, -0.1) is 0 Å². The molecular weight excluding hydrogens is 318 g/mol. The number of likely N-dealkylation sites (tertiary alicyclic amines) is 1. The highest BCUT2D eigenvalue weighted by Crippen LogP contribution is 2.49. The average Bonchev–Trinajstić information content (AvgIpc) is 3.21. The van der Waals surface area contributed by atoms with Crippen molar-refractivity contribution in [3.05, 3.63) is 35.6 Å². The molecule has 4 rings (SSSR count). The molecule has 1 saturated carbocycles. The Bertz CT molecular complexity index is 781. The van der Waals surface area contributed by atoms with E-state index in [0.29, 0.717) is 11.8 Å². The van der Waals surface area contributed by atoms with E-state index in [-0.39, 0.29) is 11.3 Å². The van der Waals surface area contributed by atoms with Gasteiger partial charge in [0, 0.05) is 37.0 Å². The highest BCUT2D eigenvalue weighted by molar-refractivity contribution is 5.91. The molecule has 1 N–H and O–H groups in total. The first kappa shape index (κ1) is 16.1. The summed E-state index contributed by atoms with van der Waals surface area (Å²) in [5, 5.41) is 7.39. The number of nitrogens with one attached hydrogen (secondary N) is 1. The molecule has 1 aliphatic heterocycles. The second-order valence-electron chi connectivity index (χ2n) is 7.31. The maximum atomic E-state index is 12.6. The Hall–Kier alpha value is -2.44. The molecule has 25 heavy (non-hydrogen) atoms. The third-order valence-electron chi connectivity index (χ3n) is 5.37. The predicted octanol–water partition coefficient (Wildman–Crippen LogP) is 2.44. The monoisotopic (exact) mass is 341 g/mol. The summed E-state index contributed by atoms with van der Waals surface area (Å²) in [4.78, 5) is 22.9. The van der Waals surface area contributed by atoms with Crippen molar-refractivity contribution in [2.75, 3.05) is 18.4 Å². The smallest absolute Gasteiger partial charge is 0.292 e. The van der Waals surface area contributed by atoms with E-state index < -0.39 is 0 Å². The number of carbonyl (C=O) groups is 1. The molecule has 0 bridgehead atoms.